The Morgan fingerprint density at radius 1 is 1.38 bits per heavy atom. The zero-order chi connectivity index (χ0) is 12.5. The highest BCUT2D eigenvalue weighted by molar-refractivity contribution is 6.49. The van der Waals surface area contributed by atoms with Gasteiger partial charge in [0.15, 0.2) is 0 Å². The highest BCUT2D eigenvalue weighted by Gasteiger charge is 2.23. The maximum absolute atomic E-state index is 13.5. The summed E-state index contributed by atoms with van der Waals surface area (Å²) >= 11 is 17.0. The molecule has 1 amide bonds. The van der Waals surface area contributed by atoms with Gasteiger partial charge in [0.05, 0.1) is 27.7 Å². The monoisotopic (exact) mass is 285 g/mol. The van der Waals surface area contributed by atoms with E-state index in [1.807, 2.05) is 0 Å². The second-order valence-electron chi connectivity index (χ2n) is 2.83. The van der Waals surface area contributed by atoms with Crippen LogP contribution in [0.1, 0.15) is 10.4 Å². The molecule has 0 aromatic heterocycles. The van der Waals surface area contributed by atoms with Gasteiger partial charge in [-0.25, -0.2) is 9.45 Å². The molecular weight excluding hydrogens is 279 g/mol. The summed E-state index contributed by atoms with van der Waals surface area (Å²) in [6.45, 7) is 0. The molecule has 0 spiro atoms. The molecule has 0 aliphatic carbocycles. The number of benzene rings is 1. The van der Waals surface area contributed by atoms with Gasteiger partial charge in [0.1, 0.15) is 5.82 Å². The van der Waals surface area contributed by atoms with E-state index in [-0.39, 0.29) is 20.6 Å². The van der Waals surface area contributed by atoms with Crippen molar-refractivity contribution in [1.82, 2.24) is 5.06 Å². The van der Waals surface area contributed by atoms with Crippen molar-refractivity contribution in [3.05, 3.63) is 32.5 Å². The van der Waals surface area contributed by atoms with Gasteiger partial charge in [-0.2, -0.15) is 0 Å². The Morgan fingerprint density at radius 3 is 2.44 bits per heavy atom. The van der Waals surface area contributed by atoms with Crippen LogP contribution in [0.5, 0.6) is 0 Å². The van der Waals surface area contributed by atoms with Gasteiger partial charge in [-0.15, -0.1) is 0 Å². The molecule has 1 aromatic carbocycles. The fourth-order valence-corrected chi connectivity index (χ4v) is 1.66. The molecular formula is C9H7Cl3FNO2. The van der Waals surface area contributed by atoms with Crippen molar-refractivity contribution in [2.75, 3.05) is 14.2 Å². The lowest BCUT2D eigenvalue weighted by Gasteiger charge is -2.15. The number of nitrogens with zero attached hydrogens (tertiary/aromatic N) is 1. The summed E-state index contributed by atoms with van der Waals surface area (Å²) in [5, 5.41) is 0.466. The Morgan fingerprint density at radius 2 is 1.94 bits per heavy atom. The van der Waals surface area contributed by atoms with Crippen LogP contribution in [-0.2, 0) is 4.84 Å². The van der Waals surface area contributed by atoms with Crippen molar-refractivity contribution < 1.29 is 14.0 Å². The number of rotatable bonds is 2. The lowest BCUT2D eigenvalue weighted by atomic mass is 10.2. The highest BCUT2D eigenvalue weighted by Crippen LogP contribution is 2.35. The van der Waals surface area contributed by atoms with Crippen molar-refractivity contribution in [3.8, 4) is 0 Å². The van der Waals surface area contributed by atoms with E-state index < -0.39 is 11.7 Å². The van der Waals surface area contributed by atoms with Crippen molar-refractivity contribution in [3.63, 3.8) is 0 Å². The summed E-state index contributed by atoms with van der Waals surface area (Å²) in [5.41, 5.74) is -0.375. The first-order valence-electron chi connectivity index (χ1n) is 4.05. The maximum atomic E-state index is 13.5. The molecule has 0 aliphatic rings. The van der Waals surface area contributed by atoms with Crippen LogP contribution in [0.15, 0.2) is 6.07 Å². The molecule has 3 nitrogen and oxygen atoms in total. The van der Waals surface area contributed by atoms with E-state index in [1.165, 1.54) is 14.2 Å². The molecule has 0 aliphatic heterocycles. The van der Waals surface area contributed by atoms with Crippen molar-refractivity contribution in [2.24, 2.45) is 0 Å². The Kier molecular flexibility index (Phi) is 4.38. The van der Waals surface area contributed by atoms with Gasteiger partial charge in [-0.1, -0.05) is 34.8 Å². The SMILES string of the molecule is CON(C)C(=O)c1c(F)cc(Cl)c(Cl)c1Cl. The van der Waals surface area contributed by atoms with E-state index in [2.05, 4.69) is 4.84 Å². The molecule has 0 N–H and O–H groups in total. The smallest absolute Gasteiger partial charge is 0.274 e. The molecule has 16 heavy (non-hydrogen) atoms. The Hall–Kier alpha value is -0.550. The quantitative estimate of drug-likeness (QED) is 0.474. The van der Waals surface area contributed by atoms with Crippen LogP contribution in [0.25, 0.3) is 0 Å². The summed E-state index contributed by atoms with van der Waals surface area (Å²) in [7, 11) is 2.59. The van der Waals surface area contributed by atoms with E-state index in [0.29, 0.717) is 0 Å². The van der Waals surface area contributed by atoms with E-state index in [1.54, 1.807) is 0 Å². The van der Waals surface area contributed by atoms with Crippen LogP contribution in [0.2, 0.25) is 15.1 Å². The third-order valence-corrected chi connectivity index (χ3v) is 3.15. The summed E-state index contributed by atoms with van der Waals surface area (Å²) in [6, 6.07) is 0.923. The Bertz CT molecular complexity index is 439. The first-order valence-corrected chi connectivity index (χ1v) is 5.18. The molecule has 0 heterocycles. The van der Waals surface area contributed by atoms with Crippen LogP contribution >= 0.6 is 34.8 Å². The largest absolute Gasteiger partial charge is 0.281 e. The number of carbonyl (C=O) groups is 1. The molecule has 88 valence electrons. The summed E-state index contributed by atoms with van der Waals surface area (Å²) in [4.78, 5) is 16.3. The normalized spacial score (nSPS) is 10.4. The molecule has 0 radical (unpaired) electrons. The first kappa shape index (κ1) is 13.5. The Balaban J connectivity index is 3.34. The average Bonchev–Trinajstić information content (AvgIpc) is 2.24. The molecule has 1 rings (SSSR count). The predicted molar refractivity (Wildman–Crippen MR) is 60.5 cm³/mol. The van der Waals surface area contributed by atoms with Crippen LogP contribution < -0.4 is 0 Å². The number of hydrogen-bond donors (Lipinski definition) is 0. The van der Waals surface area contributed by atoms with Crippen molar-refractivity contribution in [1.29, 1.82) is 0 Å². The zero-order valence-electron chi connectivity index (χ0n) is 8.35. The fraction of sp³-hybridized carbons (Fsp3) is 0.222. The van der Waals surface area contributed by atoms with Crippen LogP contribution in [0.3, 0.4) is 0 Å². The number of halogens is 4. The predicted octanol–water partition coefficient (Wildman–Crippen LogP) is 3.42. The third-order valence-electron chi connectivity index (χ3n) is 1.89. The van der Waals surface area contributed by atoms with E-state index in [4.69, 9.17) is 34.8 Å². The summed E-state index contributed by atoms with van der Waals surface area (Å²) < 4.78 is 13.5. The fourth-order valence-electron chi connectivity index (χ4n) is 1.00. The second-order valence-corrected chi connectivity index (χ2v) is 3.99. The molecule has 0 saturated heterocycles. The van der Waals surface area contributed by atoms with E-state index in [0.717, 1.165) is 11.1 Å². The topological polar surface area (TPSA) is 29.5 Å². The van der Waals surface area contributed by atoms with Crippen molar-refractivity contribution >= 4 is 40.7 Å². The molecule has 7 heteroatoms. The molecule has 1 aromatic rings. The van der Waals surface area contributed by atoms with E-state index in [9.17, 15) is 9.18 Å². The van der Waals surface area contributed by atoms with Crippen LogP contribution in [0, 0.1) is 5.82 Å². The minimum Gasteiger partial charge on any atom is -0.274 e. The highest BCUT2D eigenvalue weighted by atomic mass is 35.5. The van der Waals surface area contributed by atoms with Gasteiger partial charge in [0.2, 0.25) is 0 Å². The second kappa shape index (κ2) is 5.19. The van der Waals surface area contributed by atoms with Crippen LogP contribution in [0.4, 0.5) is 4.39 Å². The van der Waals surface area contributed by atoms with Gasteiger partial charge in [0, 0.05) is 7.05 Å². The number of carbonyl (C=O) groups excluding carboxylic acids is 1. The average molecular weight is 287 g/mol. The third kappa shape index (κ3) is 2.40. The van der Waals surface area contributed by atoms with Gasteiger partial charge >= 0.3 is 0 Å². The van der Waals surface area contributed by atoms with Gasteiger partial charge in [0.25, 0.3) is 5.91 Å². The molecule has 0 unspecified atom stereocenters. The summed E-state index contributed by atoms with van der Waals surface area (Å²) in [6.07, 6.45) is 0. The van der Waals surface area contributed by atoms with Gasteiger partial charge < -0.3 is 0 Å². The lowest BCUT2D eigenvalue weighted by molar-refractivity contribution is -0.0759. The minimum absolute atomic E-state index is 0.0548. The zero-order valence-corrected chi connectivity index (χ0v) is 10.6. The van der Waals surface area contributed by atoms with Crippen molar-refractivity contribution in [2.45, 2.75) is 0 Å². The maximum Gasteiger partial charge on any atom is 0.281 e. The molecule has 0 fully saturated rings. The minimum atomic E-state index is -0.853. The molecule has 0 saturated carbocycles. The number of hydrogen-bond acceptors (Lipinski definition) is 2. The molecule has 0 bridgehead atoms. The van der Waals surface area contributed by atoms with Gasteiger partial charge in [-0.3, -0.25) is 9.63 Å². The summed E-state index contributed by atoms with van der Waals surface area (Å²) in [5.74, 6) is -1.60. The molecule has 0 atom stereocenters. The first-order chi connectivity index (χ1) is 7.40. The Labute approximate surface area is 107 Å². The lowest BCUT2D eigenvalue weighted by Crippen LogP contribution is -2.26. The standard InChI is InChI=1S/C9H7Cl3FNO2/c1-14(16-2)9(15)6-5(13)3-4(10)7(11)8(6)12/h3H,1-2H3. The number of hydroxylamine groups is 2. The van der Waals surface area contributed by atoms with E-state index >= 15 is 0 Å². The number of amides is 1. The van der Waals surface area contributed by atoms with Gasteiger partial charge in [-0.05, 0) is 6.07 Å². The van der Waals surface area contributed by atoms with Crippen LogP contribution in [-0.4, -0.2) is 25.1 Å².